The zero-order valence-electron chi connectivity index (χ0n) is 18.6. The van der Waals surface area contributed by atoms with Crippen molar-refractivity contribution in [1.29, 1.82) is 0 Å². The second-order valence-electron chi connectivity index (χ2n) is 8.46. The quantitative estimate of drug-likeness (QED) is 0.513. The molecular formula is C25H48N2. The van der Waals surface area contributed by atoms with Crippen LogP contribution in [0.15, 0.2) is 24.4 Å². The monoisotopic (exact) mass is 376 g/mol. The molecule has 2 nitrogen and oxygen atoms in total. The van der Waals surface area contributed by atoms with Crippen LogP contribution in [-0.2, 0) is 0 Å². The first-order valence-electron chi connectivity index (χ1n) is 12.1. The normalized spacial score (nSPS) is 27.6. The highest BCUT2D eigenvalue weighted by molar-refractivity contribution is 4.91. The lowest BCUT2D eigenvalue weighted by molar-refractivity contribution is 0.364. The van der Waals surface area contributed by atoms with Crippen LogP contribution in [0.5, 0.6) is 0 Å². The zero-order chi connectivity index (χ0) is 19.7. The molecule has 0 aromatic carbocycles. The number of rotatable bonds is 4. The number of hydrogen-bond acceptors (Lipinski definition) is 2. The molecule has 0 radical (unpaired) electrons. The first-order valence-corrected chi connectivity index (χ1v) is 12.1. The van der Waals surface area contributed by atoms with E-state index in [1.165, 1.54) is 89.9 Å². The van der Waals surface area contributed by atoms with Gasteiger partial charge in [0.25, 0.3) is 0 Å². The Kier molecular flexibility index (Phi) is 14.6. The van der Waals surface area contributed by atoms with Gasteiger partial charge in [-0.25, -0.2) is 0 Å². The molecule has 3 aliphatic rings. The molecule has 0 heterocycles. The third-order valence-corrected chi connectivity index (χ3v) is 6.24. The molecule has 158 valence electrons. The fourth-order valence-electron chi connectivity index (χ4n) is 4.54. The highest BCUT2D eigenvalue weighted by Crippen LogP contribution is 2.25. The van der Waals surface area contributed by atoms with E-state index in [2.05, 4.69) is 36.7 Å². The van der Waals surface area contributed by atoms with Crippen molar-refractivity contribution in [2.75, 3.05) is 0 Å². The van der Waals surface area contributed by atoms with Crippen LogP contribution < -0.4 is 11.1 Å². The van der Waals surface area contributed by atoms with E-state index < -0.39 is 0 Å². The van der Waals surface area contributed by atoms with Gasteiger partial charge in [0.05, 0.1) is 0 Å². The van der Waals surface area contributed by atoms with Gasteiger partial charge >= 0.3 is 0 Å². The highest BCUT2D eigenvalue weighted by atomic mass is 14.9. The van der Waals surface area contributed by atoms with Crippen LogP contribution in [0.25, 0.3) is 0 Å². The van der Waals surface area contributed by atoms with Gasteiger partial charge in [0.1, 0.15) is 0 Å². The van der Waals surface area contributed by atoms with Crippen LogP contribution in [-0.4, -0.2) is 12.1 Å². The van der Waals surface area contributed by atoms with Gasteiger partial charge in [-0.05, 0) is 76.3 Å². The van der Waals surface area contributed by atoms with Gasteiger partial charge in [0.2, 0.25) is 0 Å². The van der Waals surface area contributed by atoms with E-state index in [1.54, 1.807) is 0 Å². The predicted molar refractivity (Wildman–Crippen MR) is 122 cm³/mol. The van der Waals surface area contributed by atoms with Crippen molar-refractivity contribution in [3.8, 4) is 0 Å². The van der Waals surface area contributed by atoms with Crippen LogP contribution in [0.4, 0.5) is 0 Å². The molecule has 0 amide bonds. The van der Waals surface area contributed by atoms with Crippen LogP contribution >= 0.6 is 0 Å². The Balaban J connectivity index is 0.000000282. The molecule has 0 aromatic heterocycles. The third-order valence-electron chi connectivity index (χ3n) is 6.24. The van der Waals surface area contributed by atoms with E-state index in [4.69, 9.17) is 5.73 Å². The van der Waals surface area contributed by atoms with E-state index in [0.29, 0.717) is 12.1 Å². The molecule has 27 heavy (non-hydrogen) atoms. The smallest absolute Gasteiger partial charge is 0.0256 e. The summed E-state index contributed by atoms with van der Waals surface area (Å²) in [6.45, 7) is 6.12. The van der Waals surface area contributed by atoms with Crippen LogP contribution in [0, 0.1) is 11.8 Å². The van der Waals surface area contributed by atoms with Crippen molar-refractivity contribution >= 4 is 0 Å². The van der Waals surface area contributed by atoms with Crippen LogP contribution in [0.2, 0.25) is 0 Å². The summed E-state index contributed by atoms with van der Waals surface area (Å²) in [4.78, 5) is 0. The summed E-state index contributed by atoms with van der Waals surface area (Å²) in [6.07, 6.45) is 28.4. The molecule has 3 N–H and O–H groups in total. The average Bonchev–Trinajstić information content (AvgIpc) is 2.73. The molecule has 2 heteroatoms. The van der Waals surface area contributed by atoms with Crippen LogP contribution in [0.3, 0.4) is 0 Å². The minimum absolute atomic E-state index is 0.459. The summed E-state index contributed by atoms with van der Waals surface area (Å²) in [5, 5.41) is 3.55. The van der Waals surface area contributed by atoms with Gasteiger partial charge in [-0.15, -0.1) is 0 Å². The summed E-state index contributed by atoms with van der Waals surface area (Å²) >= 11 is 0. The van der Waals surface area contributed by atoms with Crippen molar-refractivity contribution < 1.29 is 0 Å². The molecule has 3 saturated carbocycles. The van der Waals surface area contributed by atoms with Crippen molar-refractivity contribution in [3.63, 3.8) is 0 Å². The first-order chi connectivity index (χ1) is 13.3. The van der Waals surface area contributed by atoms with Crippen LogP contribution in [0.1, 0.15) is 111 Å². The number of hydrogen-bond donors (Lipinski definition) is 2. The standard InChI is InChI=1S/C14H26N2.C9H16.C2H6/c15-13-6-8-14(9-7-13)16-11-10-12-4-2-1-3-5-12;1-2-6-9-7-4-3-5-8-9;1-2/h10-14,16H,1-9,15H2;2,6,9H,3-5,7-8H2,1H3;1-2H3/b11-10+;6-2+;. The Hall–Kier alpha value is -0.760. The molecule has 0 saturated heterocycles. The van der Waals surface area contributed by atoms with Gasteiger partial charge in [-0.1, -0.05) is 70.6 Å². The molecule has 3 fully saturated rings. The maximum Gasteiger partial charge on any atom is 0.0256 e. The Labute approximate surface area is 170 Å². The van der Waals surface area contributed by atoms with Crippen molar-refractivity contribution in [2.45, 2.75) is 123 Å². The molecule has 3 aliphatic carbocycles. The second-order valence-corrected chi connectivity index (χ2v) is 8.46. The molecule has 0 aliphatic heterocycles. The number of nitrogens with one attached hydrogen (secondary N) is 1. The van der Waals surface area contributed by atoms with E-state index in [1.807, 2.05) is 13.8 Å². The second kappa shape index (κ2) is 16.2. The molecule has 0 unspecified atom stereocenters. The minimum atomic E-state index is 0.459. The molecule has 0 aromatic rings. The first kappa shape index (κ1) is 24.3. The summed E-state index contributed by atoms with van der Waals surface area (Å²) in [6, 6.07) is 1.14. The van der Waals surface area contributed by atoms with Crippen molar-refractivity contribution in [2.24, 2.45) is 17.6 Å². The molecule has 0 bridgehead atoms. The Bertz CT molecular complexity index is 368. The predicted octanol–water partition coefficient (Wildman–Crippen LogP) is 7.11. The maximum absolute atomic E-state index is 5.90. The largest absolute Gasteiger partial charge is 0.388 e. The van der Waals surface area contributed by atoms with Gasteiger partial charge in [0.15, 0.2) is 0 Å². The maximum atomic E-state index is 5.90. The van der Waals surface area contributed by atoms with E-state index >= 15 is 0 Å². The van der Waals surface area contributed by atoms with Gasteiger partial charge in [0, 0.05) is 12.1 Å². The Morgan fingerprint density at radius 2 is 1.15 bits per heavy atom. The molecule has 3 rings (SSSR count). The van der Waals surface area contributed by atoms with E-state index in [9.17, 15) is 0 Å². The lowest BCUT2D eigenvalue weighted by Gasteiger charge is -2.26. The van der Waals surface area contributed by atoms with Gasteiger partial charge in [-0.3, -0.25) is 0 Å². The molecular weight excluding hydrogens is 328 g/mol. The van der Waals surface area contributed by atoms with E-state index in [-0.39, 0.29) is 0 Å². The fourth-order valence-corrected chi connectivity index (χ4v) is 4.54. The third kappa shape index (κ3) is 11.6. The van der Waals surface area contributed by atoms with E-state index in [0.717, 1.165) is 11.8 Å². The fraction of sp³-hybridized carbons (Fsp3) is 0.840. The summed E-state index contributed by atoms with van der Waals surface area (Å²) in [7, 11) is 0. The average molecular weight is 377 g/mol. The zero-order valence-corrected chi connectivity index (χ0v) is 18.6. The number of allylic oxidation sites excluding steroid dienone is 3. The summed E-state index contributed by atoms with van der Waals surface area (Å²) in [5.41, 5.74) is 5.90. The van der Waals surface area contributed by atoms with Gasteiger partial charge < -0.3 is 11.1 Å². The van der Waals surface area contributed by atoms with Gasteiger partial charge in [-0.2, -0.15) is 0 Å². The number of nitrogens with two attached hydrogens (primary N) is 1. The topological polar surface area (TPSA) is 38.0 Å². The lowest BCUT2D eigenvalue weighted by atomic mass is 9.89. The lowest BCUT2D eigenvalue weighted by Crippen LogP contribution is -2.35. The Morgan fingerprint density at radius 1 is 0.667 bits per heavy atom. The summed E-state index contributed by atoms with van der Waals surface area (Å²) < 4.78 is 0. The van der Waals surface area contributed by atoms with Crippen molar-refractivity contribution in [3.05, 3.63) is 24.4 Å². The van der Waals surface area contributed by atoms with Crippen molar-refractivity contribution in [1.82, 2.24) is 5.32 Å². The minimum Gasteiger partial charge on any atom is -0.388 e. The summed E-state index contributed by atoms with van der Waals surface area (Å²) in [5.74, 6) is 1.76. The highest BCUT2D eigenvalue weighted by Gasteiger charge is 2.17. The molecule has 0 atom stereocenters. The molecule has 0 spiro atoms. The Morgan fingerprint density at radius 3 is 1.63 bits per heavy atom. The SMILES string of the molecule is C/C=C/C1CCCCC1.CC.NC1CCC(N/C=C/C2CCCCC2)CC1.